The molecule has 6 heteroatoms. The van der Waals surface area contributed by atoms with Crippen molar-refractivity contribution < 1.29 is 0 Å². The second kappa shape index (κ2) is 7.86. The Labute approximate surface area is 166 Å². The molecule has 4 rings (SSSR count). The van der Waals surface area contributed by atoms with Crippen molar-refractivity contribution in [3.05, 3.63) is 77.0 Å². The molecule has 4 nitrogen and oxygen atoms in total. The van der Waals surface area contributed by atoms with Gasteiger partial charge >= 0.3 is 0 Å². The molecule has 0 unspecified atom stereocenters. The van der Waals surface area contributed by atoms with Gasteiger partial charge in [0.05, 0.1) is 5.69 Å². The highest BCUT2D eigenvalue weighted by Gasteiger charge is 2.07. The molecule has 0 atom stereocenters. The van der Waals surface area contributed by atoms with Gasteiger partial charge in [0.2, 0.25) is 0 Å². The summed E-state index contributed by atoms with van der Waals surface area (Å²) in [5, 5.41) is 6.83. The van der Waals surface area contributed by atoms with E-state index in [9.17, 15) is 0 Å². The molecule has 4 aromatic rings. The lowest BCUT2D eigenvalue weighted by Crippen LogP contribution is -1.99. The maximum atomic E-state index is 6.05. The summed E-state index contributed by atoms with van der Waals surface area (Å²) in [5.74, 6) is 1.41. The molecule has 0 aliphatic carbocycles. The fourth-order valence-electron chi connectivity index (χ4n) is 2.68. The normalized spacial score (nSPS) is 10.7. The van der Waals surface area contributed by atoms with Crippen LogP contribution in [0.15, 0.2) is 66.0 Å². The minimum Gasteiger partial charge on any atom is -0.340 e. The van der Waals surface area contributed by atoms with Crippen LogP contribution in [0.2, 0.25) is 5.15 Å². The number of anilines is 2. The first-order valence-electron chi connectivity index (χ1n) is 8.63. The van der Waals surface area contributed by atoms with E-state index in [4.69, 9.17) is 16.6 Å². The van der Waals surface area contributed by atoms with Gasteiger partial charge in [0.1, 0.15) is 21.8 Å². The molecule has 1 N–H and O–H groups in total. The highest BCUT2D eigenvalue weighted by Crippen LogP contribution is 2.29. The average Bonchev–Trinajstić information content (AvgIpc) is 3.19. The molecular formula is C21H17ClN4S. The quantitative estimate of drug-likeness (QED) is 0.409. The Morgan fingerprint density at radius 1 is 0.926 bits per heavy atom. The van der Waals surface area contributed by atoms with Crippen molar-refractivity contribution in [3.63, 3.8) is 0 Å². The van der Waals surface area contributed by atoms with Crippen molar-refractivity contribution in [2.45, 2.75) is 13.3 Å². The van der Waals surface area contributed by atoms with Gasteiger partial charge < -0.3 is 5.32 Å². The first kappa shape index (κ1) is 17.6. The summed E-state index contributed by atoms with van der Waals surface area (Å²) in [6.45, 7) is 2.00. The number of hydrogen-bond donors (Lipinski definition) is 1. The van der Waals surface area contributed by atoms with E-state index in [1.165, 1.54) is 0 Å². The van der Waals surface area contributed by atoms with Crippen molar-refractivity contribution in [2.24, 2.45) is 0 Å². The first-order valence-corrected chi connectivity index (χ1v) is 9.89. The lowest BCUT2D eigenvalue weighted by molar-refractivity contribution is 0.943. The lowest BCUT2D eigenvalue weighted by Gasteiger charge is -2.08. The van der Waals surface area contributed by atoms with Gasteiger partial charge in [0, 0.05) is 34.7 Å². The summed E-state index contributed by atoms with van der Waals surface area (Å²) in [6.07, 6.45) is 0.738. The SMILES string of the molecule is CCc1nc(Cl)cc(Nc2ccc(-c3csc(-c4ccccc4)n3)cc2)n1. The van der Waals surface area contributed by atoms with E-state index in [1.807, 2.05) is 37.3 Å². The number of nitrogens with zero attached hydrogens (tertiary/aromatic N) is 3. The van der Waals surface area contributed by atoms with Crippen LogP contribution in [-0.2, 0) is 6.42 Å². The summed E-state index contributed by atoms with van der Waals surface area (Å²) in [6, 6.07) is 20.1. The Bertz CT molecular complexity index is 1050. The molecule has 0 radical (unpaired) electrons. The monoisotopic (exact) mass is 392 g/mol. The Morgan fingerprint density at radius 2 is 1.70 bits per heavy atom. The van der Waals surface area contributed by atoms with E-state index in [0.717, 1.165) is 39.8 Å². The largest absolute Gasteiger partial charge is 0.340 e. The van der Waals surface area contributed by atoms with Gasteiger partial charge in [-0.2, -0.15) is 0 Å². The van der Waals surface area contributed by atoms with E-state index in [-0.39, 0.29) is 0 Å². The number of aromatic nitrogens is 3. The number of aryl methyl sites for hydroxylation is 1. The molecule has 0 fully saturated rings. The van der Waals surface area contributed by atoms with Crippen LogP contribution in [0.5, 0.6) is 0 Å². The molecule has 2 aromatic carbocycles. The Balaban J connectivity index is 1.53. The van der Waals surface area contributed by atoms with Crippen molar-refractivity contribution in [3.8, 4) is 21.8 Å². The molecule has 0 amide bonds. The second-order valence-corrected chi connectivity index (χ2v) is 7.20. The maximum Gasteiger partial charge on any atom is 0.135 e. The second-order valence-electron chi connectivity index (χ2n) is 5.95. The molecule has 2 aromatic heterocycles. The summed E-state index contributed by atoms with van der Waals surface area (Å²) in [5.41, 5.74) is 4.13. The lowest BCUT2D eigenvalue weighted by atomic mass is 10.1. The average molecular weight is 393 g/mol. The molecule has 0 aliphatic rings. The Morgan fingerprint density at radius 3 is 2.44 bits per heavy atom. The first-order chi connectivity index (χ1) is 13.2. The minimum absolute atomic E-state index is 0.442. The van der Waals surface area contributed by atoms with Gasteiger partial charge in [0.25, 0.3) is 0 Å². The number of nitrogens with one attached hydrogen (secondary N) is 1. The van der Waals surface area contributed by atoms with Gasteiger partial charge in [-0.3, -0.25) is 0 Å². The third-order valence-electron chi connectivity index (χ3n) is 4.04. The Kier molecular flexibility index (Phi) is 5.14. The number of thiazole rings is 1. The number of hydrogen-bond acceptors (Lipinski definition) is 5. The summed E-state index contributed by atoms with van der Waals surface area (Å²) < 4.78 is 0. The molecule has 2 heterocycles. The van der Waals surface area contributed by atoms with E-state index in [0.29, 0.717) is 11.0 Å². The van der Waals surface area contributed by atoms with E-state index in [2.05, 4.69) is 44.9 Å². The zero-order chi connectivity index (χ0) is 18.6. The van der Waals surface area contributed by atoms with Gasteiger partial charge in [-0.25, -0.2) is 15.0 Å². The van der Waals surface area contributed by atoms with Crippen LogP contribution >= 0.6 is 22.9 Å². The number of rotatable bonds is 5. The molecule has 27 heavy (non-hydrogen) atoms. The summed E-state index contributed by atoms with van der Waals surface area (Å²) in [4.78, 5) is 13.4. The van der Waals surface area contributed by atoms with Gasteiger partial charge in [0.15, 0.2) is 0 Å². The van der Waals surface area contributed by atoms with Crippen LogP contribution in [0.1, 0.15) is 12.7 Å². The van der Waals surface area contributed by atoms with E-state index < -0.39 is 0 Å². The molecule has 0 aliphatic heterocycles. The summed E-state index contributed by atoms with van der Waals surface area (Å²) in [7, 11) is 0. The topological polar surface area (TPSA) is 50.7 Å². The fourth-order valence-corrected chi connectivity index (χ4v) is 3.71. The number of benzene rings is 2. The third kappa shape index (κ3) is 4.15. The van der Waals surface area contributed by atoms with Crippen molar-refractivity contribution in [1.29, 1.82) is 0 Å². The van der Waals surface area contributed by atoms with Gasteiger partial charge in [-0.05, 0) is 12.1 Å². The molecular weight excluding hydrogens is 376 g/mol. The highest BCUT2D eigenvalue weighted by atomic mass is 35.5. The standard InChI is InChI=1S/C21H17ClN4S/c1-2-19-25-18(22)12-20(26-19)23-16-10-8-14(9-11-16)17-13-27-21(24-17)15-6-4-3-5-7-15/h3-13H,2H2,1H3,(H,23,25,26). The predicted molar refractivity (Wildman–Crippen MR) is 113 cm³/mol. The van der Waals surface area contributed by atoms with E-state index >= 15 is 0 Å². The van der Waals surface area contributed by atoms with Gasteiger partial charge in [-0.1, -0.05) is 61.0 Å². The van der Waals surface area contributed by atoms with Crippen LogP contribution in [-0.4, -0.2) is 15.0 Å². The van der Waals surface area contributed by atoms with Crippen LogP contribution < -0.4 is 5.32 Å². The van der Waals surface area contributed by atoms with Crippen molar-refractivity contribution in [2.75, 3.05) is 5.32 Å². The van der Waals surface area contributed by atoms with Crippen LogP contribution in [0.4, 0.5) is 11.5 Å². The molecule has 0 saturated carbocycles. The van der Waals surface area contributed by atoms with Crippen molar-refractivity contribution in [1.82, 2.24) is 15.0 Å². The zero-order valence-electron chi connectivity index (χ0n) is 14.7. The number of halogens is 1. The highest BCUT2D eigenvalue weighted by molar-refractivity contribution is 7.13. The van der Waals surface area contributed by atoms with Crippen molar-refractivity contribution >= 4 is 34.4 Å². The van der Waals surface area contributed by atoms with Crippen LogP contribution in [0.25, 0.3) is 21.8 Å². The van der Waals surface area contributed by atoms with Crippen LogP contribution in [0, 0.1) is 0 Å². The zero-order valence-corrected chi connectivity index (χ0v) is 16.3. The maximum absolute atomic E-state index is 6.05. The van der Waals surface area contributed by atoms with Crippen LogP contribution in [0.3, 0.4) is 0 Å². The molecule has 0 spiro atoms. The molecule has 0 bridgehead atoms. The Hall–Kier alpha value is -2.76. The molecule has 0 saturated heterocycles. The van der Waals surface area contributed by atoms with E-state index in [1.54, 1.807) is 17.4 Å². The fraction of sp³-hybridized carbons (Fsp3) is 0.0952. The smallest absolute Gasteiger partial charge is 0.135 e. The predicted octanol–water partition coefficient (Wildman–Crippen LogP) is 6.23. The van der Waals surface area contributed by atoms with Gasteiger partial charge in [-0.15, -0.1) is 11.3 Å². The molecule has 134 valence electrons. The summed E-state index contributed by atoms with van der Waals surface area (Å²) >= 11 is 7.71. The third-order valence-corrected chi connectivity index (χ3v) is 5.12. The minimum atomic E-state index is 0.442.